The van der Waals surface area contributed by atoms with E-state index < -0.39 is 5.82 Å². The Morgan fingerprint density at radius 3 is 2.67 bits per heavy atom. The molecule has 0 atom stereocenters. The van der Waals surface area contributed by atoms with Crippen LogP contribution in [-0.2, 0) is 0 Å². The molecule has 0 spiro atoms. The lowest BCUT2D eigenvalue weighted by molar-refractivity contribution is 0.616. The average molecular weight is 125 g/mol. The van der Waals surface area contributed by atoms with Gasteiger partial charge in [0.05, 0.1) is 5.69 Å². The number of halogens is 1. The van der Waals surface area contributed by atoms with Gasteiger partial charge in [-0.1, -0.05) is 0 Å². The second kappa shape index (κ2) is 2.01. The zero-order valence-corrected chi connectivity index (χ0v) is 4.76. The molecule has 1 rings (SSSR count). The summed E-state index contributed by atoms with van der Waals surface area (Å²) >= 11 is 0. The molecule has 0 unspecified atom stereocenters. The first-order valence-electron chi connectivity index (χ1n) is 2.44. The summed E-state index contributed by atoms with van der Waals surface area (Å²) in [5.41, 5.74) is 5.30. The Balaban J connectivity index is 3.17. The minimum atomic E-state index is -0.427. The molecular formula is C6H6FN2. The molecule has 1 heterocycles. The van der Waals surface area contributed by atoms with Gasteiger partial charge in [0.15, 0.2) is 0 Å². The number of pyridine rings is 1. The Morgan fingerprint density at radius 2 is 2.22 bits per heavy atom. The fourth-order valence-electron chi connectivity index (χ4n) is 0.501. The van der Waals surface area contributed by atoms with Crippen LogP contribution >= 0.6 is 0 Å². The average Bonchev–Trinajstić information content (AvgIpc) is 1.80. The molecule has 0 fully saturated rings. The number of hydrogen-bond acceptors (Lipinski definition) is 2. The smallest absolute Gasteiger partial charge is 0.144 e. The van der Waals surface area contributed by atoms with Crippen LogP contribution in [0.2, 0.25) is 0 Å². The van der Waals surface area contributed by atoms with Crippen molar-refractivity contribution in [3.05, 3.63) is 30.6 Å². The van der Waals surface area contributed by atoms with Crippen molar-refractivity contribution in [2.75, 3.05) is 5.73 Å². The highest BCUT2D eigenvalue weighted by atomic mass is 19.1. The highest BCUT2D eigenvalue weighted by Crippen LogP contribution is 2.04. The van der Waals surface area contributed by atoms with Gasteiger partial charge in [0.25, 0.3) is 0 Å². The molecule has 0 aliphatic carbocycles. The van der Waals surface area contributed by atoms with Gasteiger partial charge in [-0.3, -0.25) is 0 Å². The Bertz CT molecular complexity index is 222. The minimum absolute atomic E-state index is 0.0926. The third-order valence-electron chi connectivity index (χ3n) is 0.940. The molecule has 2 nitrogen and oxygen atoms in total. The lowest BCUT2D eigenvalue weighted by atomic mass is 10.3. The fraction of sp³-hybridized carbons (Fsp3) is 0. The number of nitrogen functional groups attached to an aromatic ring is 1. The third-order valence-corrected chi connectivity index (χ3v) is 0.940. The van der Waals surface area contributed by atoms with Crippen molar-refractivity contribution in [2.24, 2.45) is 0 Å². The number of nitrogens with two attached hydrogens (primary N) is 1. The van der Waals surface area contributed by atoms with Crippen molar-refractivity contribution in [3.8, 4) is 0 Å². The van der Waals surface area contributed by atoms with E-state index in [4.69, 9.17) is 5.73 Å². The molecule has 0 saturated carbocycles. The maximum atomic E-state index is 12.3. The molecule has 0 amide bonds. The Hall–Kier alpha value is -1.12. The van der Waals surface area contributed by atoms with E-state index in [2.05, 4.69) is 11.9 Å². The molecule has 1 radical (unpaired) electrons. The van der Waals surface area contributed by atoms with Crippen LogP contribution in [0.1, 0.15) is 5.69 Å². The topological polar surface area (TPSA) is 38.9 Å². The van der Waals surface area contributed by atoms with Crippen molar-refractivity contribution in [3.63, 3.8) is 0 Å². The third kappa shape index (κ3) is 1.16. The maximum absolute atomic E-state index is 12.3. The first kappa shape index (κ1) is 6.01. The van der Waals surface area contributed by atoms with Gasteiger partial charge >= 0.3 is 0 Å². The summed E-state index contributed by atoms with van der Waals surface area (Å²) in [6.45, 7) is 3.31. The molecule has 0 saturated heterocycles. The van der Waals surface area contributed by atoms with E-state index in [9.17, 15) is 4.39 Å². The molecule has 1 aromatic rings. The van der Waals surface area contributed by atoms with Crippen molar-refractivity contribution in [2.45, 2.75) is 0 Å². The molecule has 0 aliphatic heterocycles. The Morgan fingerprint density at radius 1 is 1.56 bits per heavy atom. The zero-order chi connectivity index (χ0) is 6.85. The van der Waals surface area contributed by atoms with Gasteiger partial charge in [-0.05, 0) is 19.1 Å². The number of aromatic nitrogens is 1. The summed E-state index contributed by atoms with van der Waals surface area (Å²) in [5, 5.41) is 0. The molecule has 2 N–H and O–H groups in total. The molecule has 47 valence electrons. The van der Waals surface area contributed by atoms with E-state index in [1.807, 2.05) is 0 Å². The maximum Gasteiger partial charge on any atom is 0.144 e. The zero-order valence-electron chi connectivity index (χ0n) is 4.76. The van der Waals surface area contributed by atoms with Gasteiger partial charge in [0.2, 0.25) is 0 Å². The van der Waals surface area contributed by atoms with Crippen LogP contribution < -0.4 is 5.73 Å². The normalized spacial score (nSPS) is 9.56. The second-order valence-corrected chi connectivity index (χ2v) is 1.66. The number of hydrogen-bond donors (Lipinski definition) is 1. The monoisotopic (exact) mass is 125 g/mol. The summed E-state index contributed by atoms with van der Waals surface area (Å²) in [6, 6.07) is 2.63. The summed E-state index contributed by atoms with van der Waals surface area (Å²) in [5.74, 6) is -0.134. The van der Waals surface area contributed by atoms with Gasteiger partial charge in [0, 0.05) is 0 Å². The van der Waals surface area contributed by atoms with Gasteiger partial charge in [-0.15, -0.1) is 0 Å². The SMILES string of the molecule is [CH2]c1nc(N)ccc1F. The largest absolute Gasteiger partial charge is 0.384 e. The minimum Gasteiger partial charge on any atom is -0.384 e. The second-order valence-electron chi connectivity index (χ2n) is 1.66. The van der Waals surface area contributed by atoms with Crippen LogP contribution in [0.4, 0.5) is 10.2 Å². The molecule has 0 bridgehead atoms. The van der Waals surface area contributed by atoms with E-state index in [1.165, 1.54) is 12.1 Å². The van der Waals surface area contributed by atoms with Crippen LogP contribution in [0.3, 0.4) is 0 Å². The van der Waals surface area contributed by atoms with Crippen molar-refractivity contribution < 1.29 is 4.39 Å². The van der Waals surface area contributed by atoms with Crippen molar-refractivity contribution in [1.29, 1.82) is 0 Å². The van der Waals surface area contributed by atoms with Crippen LogP contribution in [0.15, 0.2) is 12.1 Å². The molecule has 3 heteroatoms. The van der Waals surface area contributed by atoms with Crippen molar-refractivity contribution >= 4 is 5.82 Å². The van der Waals surface area contributed by atoms with Crippen LogP contribution in [0.5, 0.6) is 0 Å². The van der Waals surface area contributed by atoms with Crippen molar-refractivity contribution in [1.82, 2.24) is 4.98 Å². The molecule has 0 aromatic carbocycles. The summed E-state index contributed by atoms with van der Waals surface area (Å²) in [4.78, 5) is 3.56. The van der Waals surface area contributed by atoms with Gasteiger partial charge < -0.3 is 5.73 Å². The molecule has 1 aromatic heterocycles. The van der Waals surface area contributed by atoms with E-state index in [1.54, 1.807) is 0 Å². The lowest BCUT2D eigenvalue weighted by Gasteiger charge is -1.94. The van der Waals surface area contributed by atoms with Crippen LogP contribution in [-0.4, -0.2) is 4.98 Å². The predicted octanol–water partition coefficient (Wildman–Crippen LogP) is 0.985. The van der Waals surface area contributed by atoms with Crippen LogP contribution in [0.25, 0.3) is 0 Å². The van der Waals surface area contributed by atoms with E-state index in [0.717, 1.165) is 0 Å². The summed E-state index contributed by atoms with van der Waals surface area (Å²) in [7, 11) is 0. The van der Waals surface area contributed by atoms with Gasteiger partial charge in [-0.2, -0.15) is 0 Å². The number of rotatable bonds is 0. The Labute approximate surface area is 52.5 Å². The molecule has 9 heavy (non-hydrogen) atoms. The molecular weight excluding hydrogens is 119 g/mol. The van der Waals surface area contributed by atoms with E-state index >= 15 is 0 Å². The Kier molecular flexibility index (Phi) is 1.34. The lowest BCUT2D eigenvalue weighted by Crippen LogP contribution is -1.93. The summed E-state index contributed by atoms with van der Waals surface area (Å²) in [6.07, 6.45) is 0. The number of anilines is 1. The highest BCUT2D eigenvalue weighted by molar-refractivity contribution is 5.30. The van der Waals surface area contributed by atoms with E-state index in [0.29, 0.717) is 5.82 Å². The first-order chi connectivity index (χ1) is 4.20. The first-order valence-corrected chi connectivity index (χ1v) is 2.44. The summed E-state index contributed by atoms with van der Waals surface area (Å²) < 4.78 is 12.3. The number of nitrogens with zero attached hydrogens (tertiary/aromatic N) is 1. The molecule has 0 aliphatic rings. The van der Waals surface area contributed by atoms with E-state index in [-0.39, 0.29) is 5.69 Å². The van der Waals surface area contributed by atoms with Gasteiger partial charge in [-0.25, -0.2) is 9.37 Å². The predicted molar refractivity (Wildman–Crippen MR) is 33.1 cm³/mol. The standard InChI is InChI=1S/C6H6FN2/c1-4-5(7)2-3-6(8)9-4/h2-3H,1H2,(H2,8,9). The van der Waals surface area contributed by atoms with Gasteiger partial charge in [0.1, 0.15) is 11.6 Å². The quantitative estimate of drug-likeness (QED) is 0.561. The van der Waals surface area contributed by atoms with Crippen LogP contribution in [0, 0.1) is 12.7 Å². The fourth-order valence-corrected chi connectivity index (χ4v) is 0.501. The highest BCUT2D eigenvalue weighted by Gasteiger charge is 1.95.